The summed E-state index contributed by atoms with van der Waals surface area (Å²) in [6.07, 6.45) is 0. The molecule has 0 aliphatic carbocycles. The first-order valence-corrected chi connectivity index (χ1v) is 6.88. The van der Waals surface area contributed by atoms with E-state index in [1.165, 1.54) is 5.56 Å². The van der Waals surface area contributed by atoms with Gasteiger partial charge in [0.05, 0.1) is 27.5 Å². The van der Waals surface area contributed by atoms with E-state index in [0.717, 1.165) is 17.1 Å². The van der Waals surface area contributed by atoms with Gasteiger partial charge in [-0.25, -0.2) is 0 Å². The summed E-state index contributed by atoms with van der Waals surface area (Å²) < 4.78 is 1.89. The van der Waals surface area contributed by atoms with Gasteiger partial charge in [0.2, 0.25) is 0 Å². The lowest BCUT2D eigenvalue weighted by atomic mass is 10.1. The molecule has 2 rings (SSSR count). The molecule has 102 valence electrons. The third kappa shape index (κ3) is 2.72. The lowest BCUT2D eigenvalue weighted by Gasteiger charge is -2.17. The second-order valence-corrected chi connectivity index (χ2v) is 5.46. The summed E-state index contributed by atoms with van der Waals surface area (Å²) in [7, 11) is 1.95. The van der Waals surface area contributed by atoms with Gasteiger partial charge in [-0.3, -0.25) is 4.68 Å². The maximum Gasteiger partial charge on any atom is 0.0823 e. The van der Waals surface area contributed by atoms with Crippen LogP contribution >= 0.6 is 23.2 Å². The highest BCUT2D eigenvalue weighted by atomic mass is 35.5. The summed E-state index contributed by atoms with van der Waals surface area (Å²) in [5, 5.41) is 8.93. The third-order valence-electron chi connectivity index (χ3n) is 3.32. The molecule has 0 saturated heterocycles. The van der Waals surface area contributed by atoms with Crippen molar-refractivity contribution in [3.8, 4) is 0 Å². The zero-order chi connectivity index (χ0) is 14.2. The summed E-state index contributed by atoms with van der Waals surface area (Å²) in [4.78, 5) is 0. The fourth-order valence-electron chi connectivity index (χ4n) is 2.34. The van der Waals surface area contributed by atoms with E-state index in [2.05, 4.69) is 24.3 Å². The number of halogens is 2. The summed E-state index contributed by atoms with van der Waals surface area (Å²) in [6, 6.07) is 5.70. The first kappa shape index (κ1) is 14.2. The van der Waals surface area contributed by atoms with Gasteiger partial charge in [0.25, 0.3) is 0 Å². The minimum Gasteiger partial charge on any atom is -0.377 e. The zero-order valence-electron chi connectivity index (χ0n) is 11.5. The van der Waals surface area contributed by atoms with Gasteiger partial charge in [0.1, 0.15) is 0 Å². The predicted molar refractivity (Wildman–Crippen MR) is 81.2 cm³/mol. The average molecular weight is 298 g/mol. The van der Waals surface area contributed by atoms with Gasteiger partial charge >= 0.3 is 0 Å². The smallest absolute Gasteiger partial charge is 0.0823 e. The molecule has 19 heavy (non-hydrogen) atoms. The molecule has 3 nitrogen and oxygen atoms in total. The Kier molecular flexibility index (Phi) is 4.07. The van der Waals surface area contributed by atoms with Gasteiger partial charge in [0.15, 0.2) is 0 Å². The van der Waals surface area contributed by atoms with E-state index in [1.807, 2.05) is 30.8 Å². The van der Waals surface area contributed by atoms with Gasteiger partial charge < -0.3 is 5.32 Å². The van der Waals surface area contributed by atoms with E-state index in [9.17, 15) is 0 Å². The molecule has 0 bridgehead atoms. The number of benzene rings is 1. The Hall–Kier alpha value is -1.19. The van der Waals surface area contributed by atoms with Crippen LogP contribution in [0.2, 0.25) is 10.0 Å². The van der Waals surface area contributed by atoms with Crippen LogP contribution in [-0.4, -0.2) is 9.78 Å². The van der Waals surface area contributed by atoms with Crippen LogP contribution in [0.3, 0.4) is 0 Å². The van der Waals surface area contributed by atoms with Gasteiger partial charge in [-0.1, -0.05) is 29.3 Å². The molecule has 1 unspecified atom stereocenters. The van der Waals surface area contributed by atoms with E-state index >= 15 is 0 Å². The molecule has 0 saturated carbocycles. The molecule has 1 N–H and O–H groups in total. The van der Waals surface area contributed by atoms with Gasteiger partial charge in [-0.05, 0) is 32.9 Å². The Morgan fingerprint density at radius 1 is 1.26 bits per heavy atom. The van der Waals surface area contributed by atoms with Crippen molar-refractivity contribution in [3.63, 3.8) is 0 Å². The summed E-state index contributed by atoms with van der Waals surface area (Å²) >= 11 is 12.2. The Bertz CT molecular complexity index is 605. The zero-order valence-corrected chi connectivity index (χ0v) is 13.0. The van der Waals surface area contributed by atoms with E-state index in [-0.39, 0.29) is 6.04 Å². The third-order valence-corrected chi connectivity index (χ3v) is 4.14. The molecule has 0 fully saturated rings. The Morgan fingerprint density at radius 3 is 2.53 bits per heavy atom. The number of rotatable bonds is 3. The highest BCUT2D eigenvalue weighted by Gasteiger charge is 2.17. The average Bonchev–Trinajstić information content (AvgIpc) is 2.59. The molecule has 5 heteroatoms. The fraction of sp³-hybridized carbons (Fsp3) is 0.357. The highest BCUT2D eigenvalue weighted by molar-refractivity contribution is 6.43. The van der Waals surface area contributed by atoms with Crippen molar-refractivity contribution in [1.82, 2.24) is 9.78 Å². The quantitative estimate of drug-likeness (QED) is 0.903. The Morgan fingerprint density at radius 2 is 1.95 bits per heavy atom. The van der Waals surface area contributed by atoms with Crippen LogP contribution in [0.15, 0.2) is 18.2 Å². The predicted octanol–water partition coefficient (Wildman–Crippen LogP) is 4.52. The van der Waals surface area contributed by atoms with Crippen LogP contribution < -0.4 is 5.32 Å². The number of aryl methyl sites for hydroxylation is 2. The lowest BCUT2D eigenvalue weighted by molar-refractivity contribution is 0.728. The molecular weight excluding hydrogens is 281 g/mol. The Balaban J connectivity index is 2.31. The van der Waals surface area contributed by atoms with Crippen LogP contribution in [-0.2, 0) is 7.05 Å². The van der Waals surface area contributed by atoms with Crippen molar-refractivity contribution in [2.24, 2.45) is 7.05 Å². The molecule has 1 aromatic heterocycles. The number of hydrogen-bond donors (Lipinski definition) is 1. The van der Waals surface area contributed by atoms with E-state index in [1.54, 1.807) is 6.07 Å². The first-order chi connectivity index (χ1) is 8.91. The minimum absolute atomic E-state index is 0.115. The van der Waals surface area contributed by atoms with Crippen LogP contribution in [0.25, 0.3) is 0 Å². The molecule has 0 aliphatic heterocycles. The number of hydrogen-bond acceptors (Lipinski definition) is 2. The lowest BCUT2D eigenvalue weighted by Crippen LogP contribution is -2.09. The van der Waals surface area contributed by atoms with Crippen molar-refractivity contribution in [2.75, 3.05) is 5.32 Å². The number of nitrogens with zero attached hydrogens (tertiary/aromatic N) is 2. The van der Waals surface area contributed by atoms with Gasteiger partial charge in [0, 0.05) is 18.3 Å². The maximum absolute atomic E-state index is 6.19. The van der Waals surface area contributed by atoms with E-state index in [4.69, 9.17) is 23.2 Å². The van der Waals surface area contributed by atoms with Gasteiger partial charge in [-0.15, -0.1) is 0 Å². The monoisotopic (exact) mass is 297 g/mol. The summed E-state index contributed by atoms with van der Waals surface area (Å²) in [6.45, 7) is 6.17. The molecule has 1 atom stereocenters. The minimum atomic E-state index is 0.115. The molecule has 1 aromatic carbocycles. The first-order valence-electron chi connectivity index (χ1n) is 6.12. The molecule has 2 aromatic rings. The molecule has 0 aliphatic rings. The molecule has 0 spiro atoms. The number of anilines is 1. The van der Waals surface area contributed by atoms with Crippen LogP contribution in [0.4, 0.5) is 5.69 Å². The second kappa shape index (κ2) is 5.43. The topological polar surface area (TPSA) is 29.9 Å². The Labute approximate surface area is 123 Å². The van der Waals surface area contributed by atoms with Crippen LogP contribution in [0, 0.1) is 13.8 Å². The number of nitrogens with one attached hydrogen (secondary N) is 1. The molecule has 1 heterocycles. The fourth-order valence-corrected chi connectivity index (χ4v) is 2.69. The van der Waals surface area contributed by atoms with Crippen molar-refractivity contribution < 1.29 is 0 Å². The normalized spacial score (nSPS) is 12.5. The second-order valence-electron chi connectivity index (χ2n) is 4.68. The standard InChI is InChI=1S/C14H17Cl2N3/c1-8(13-9(2)18-19(4)10(13)3)17-12-7-5-6-11(15)14(12)16/h5-8,17H,1-4H3. The largest absolute Gasteiger partial charge is 0.377 e. The van der Waals surface area contributed by atoms with Crippen molar-refractivity contribution in [1.29, 1.82) is 0 Å². The summed E-state index contributed by atoms with van der Waals surface area (Å²) in [5.41, 5.74) is 4.21. The SMILES string of the molecule is Cc1nn(C)c(C)c1C(C)Nc1cccc(Cl)c1Cl. The highest BCUT2D eigenvalue weighted by Crippen LogP contribution is 2.33. The molecule has 0 radical (unpaired) electrons. The van der Waals surface area contributed by atoms with Crippen molar-refractivity contribution in [2.45, 2.75) is 26.8 Å². The number of aromatic nitrogens is 2. The van der Waals surface area contributed by atoms with Crippen molar-refractivity contribution >= 4 is 28.9 Å². The van der Waals surface area contributed by atoms with Crippen LogP contribution in [0.1, 0.15) is 29.9 Å². The molecular formula is C14H17Cl2N3. The maximum atomic E-state index is 6.19. The van der Waals surface area contributed by atoms with Crippen molar-refractivity contribution in [3.05, 3.63) is 45.2 Å². The van der Waals surface area contributed by atoms with Crippen LogP contribution in [0.5, 0.6) is 0 Å². The van der Waals surface area contributed by atoms with E-state index < -0.39 is 0 Å². The van der Waals surface area contributed by atoms with E-state index in [0.29, 0.717) is 10.0 Å². The molecule has 0 amide bonds. The summed E-state index contributed by atoms with van der Waals surface area (Å²) in [5.74, 6) is 0. The van der Waals surface area contributed by atoms with Gasteiger partial charge in [-0.2, -0.15) is 5.10 Å².